The van der Waals surface area contributed by atoms with Gasteiger partial charge >= 0.3 is 15.5 Å². The number of halogens is 4. The normalized spacial score (nSPS) is 17.2. The van der Waals surface area contributed by atoms with Gasteiger partial charge in [0.1, 0.15) is 6.54 Å². The van der Waals surface area contributed by atoms with Gasteiger partial charge in [-0.25, -0.2) is 13.4 Å². The molecule has 1 aliphatic rings. The summed E-state index contributed by atoms with van der Waals surface area (Å²) < 4.78 is 61.3. The predicted molar refractivity (Wildman–Crippen MR) is 112 cm³/mol. The monoisotopic (exact) mass is 543 g/mol. The maximum Gasteiger partial charge on any atom is 0.511 e. The Kier molecular flexibility index (Phi) is 11.0. The second kappa shape index (κ2) is 11.4. The van der Waals surface area contributed by atoms with E-state index in [4.69, 9.17) is 0 Å². The molecule has 1 aliphatic heterocycles. The highest BCUT2D eigenvalue weighted by atomic mass is 127. The van der Waals surface area contributed by atoms with Crippen molar-refractivity contribution in [3.05, 3.63) is 0 Å². The van der Waals surface area contributed by atoms with Crippen molar-refractivity contribution >= 4 is 45.9 Å². The van der Waals surface area contributed by atoms with Gasteiger partial charge in [0.2, 0.25) is 5.91 Å². The van der Waals surface area contributed by atoms with Crippen LogP contribution in [0.15, 0.2) is 4.99 Å². The van der Waals surface area contributed by atoms with E-state index in [1.807, 2.05) is 13.8 Å². The fourth-order valence-corrected chi connectivity index (χ4v) is 3.31. The highest BCUT2D eigenvalue weighted by Crippen LogP contribution is 2.28. The first-order chi connectivity index (χ1) is 12.3. The van der Waals surface area contributed by atoms with Crippen LogP contribution in [-0.4, -0.2) is 81.3 Å². The van der Waals surface area contributed by atoms with E-state index < -0.39 is 15.5 Å². The number of guanidine groups is 1. The molecule has 1 amide bonds. The number of carbonyl (C=O) groups excluding carboxylic acids is 1. The van der Waals surface area contributed by atoms with Crippen LogP contribution in [0.4, 0.5) is 13.2 Å². The molecule has 8 nitrogen and oxygen atoms in total. The minimum Gasteiger partial charge on any atom is -0.356 e. The van der Waals surface area contributed by atoms with E-state index in [1.165, 1.54) is 4.90 Å². The van der Waals surface area contributed by atoms with Crippen LogP contribution in [0.5, 0.6) is 0 Å². The summed E-state index contributed by atoms with van der Waals surface area (Å²) in [6.45, 7) is 4.07. The largest absolute Gasteiger partial charge is 0.511 e. The summed E-state index contributed by atoms with van der Waals surface area (Å²) in [5.74, 6) is 0.517. The van der Waals surface area contributed by atoms with Gasteiger partial charge in [0.15, 0.2) is 5.96 Å². The minimum atomic E-state index is -5.29. The van der Waals surface area contributed by atoms with Gasteiger partial charge in [-0.1, -0.05) is 13.8 Å². The van der Waals surface area contributed by atoms with Crippen LogP contribution in [0.2, 0.25) is 0 Å². The fourth-order valence-electron chi connectivity index (χ4n) is 2.32. The molecule has 0 aromatic rings. The van der Waals surface area contributed by atoms with Crippen molar-refractivity contribution in [2.24, 2.45) is 10.9 Å². The molecule has 0 radical (unpaired) electrons. The van der Waals surface area contributed by atoms with Crippen LogP contribution in [0, 0.1) is 5.92 Å². The van der Waals surface area contributed by atoms with Crippen LogP contribution in [-0.2, 0) is 14.8 Å². The highest BCUT2D eigenvalue weighted by Gasteiger charge is 2.50. The summed E-state index contributed by atoms with van der Waals surface area (Å²) in [5.41, 5.74) is -5.29. The van der Waals surface area contributed by atoms with Crippen molar-refractivity contribution in [3.63, 3.8) is 0 Å². The van der Waals surface area contributed by atoms with Crippen LogP contribution in [0.3, 0.4) is 0 Å². The van der Waals surface area contributed by atoms with Gasteiger partial charge < -0.3 is 15.5 Å². The molecular formula is C15H29F3IN5O3S. The number of nitrogens with zero attached hydrogens (tertiary/aromatic N) is 3. The number of piperidine rings is 1. The zero-order valence-corrected chi connectivity index (χ0v) is 19.6. The number of nitrogens with one attached hydrogen (secondary N) is 2. The first kappa shape index (κ1) is 27.2. The van der Waals surface area contributed by atoms with E-state index in [0.29, 0.717) is 22.7 Å². The van der Waals surface area contributed by atoms with Crippen molar-refractivity contribution in [1.82, 2.24) is 19.8 Å². The van der Waals surface area contributed by atoms with Crippen LogP contribution in [0.25, 0.3) is 0 Å². The minimum absolute atomic E-state index is 0. The molecule has 0 unspecified atom stereocenters. The maximum absolute atomic E-state index is 12.6. The average molecular weight is 543 g/mol. The second-order valence-electron chi connectivity index (χ2n) is 7.00. The third-order valence-electron chi connectivity index (χ3n) is 3.98. The van der Waals surface area contributed by atoms with Gasteiger partial charge in [0.05, 0.1) is 0 Å². The lowest BCUT2D eigenvalue weighted by atomic mass is 10.1. The Balaban J connectivity index is 0.00000729. The number of rotatable bonds is 6. The van der Waals surface area contributed by atoms with Gasteiger partial charge in [-0.15, -0.1) is 24.0 Å². The molecule has 1 heterocycles. The van der Waals surface area contributed by atoms with Crippen molar-refractivity contribution in [2.75, 3.05) is 40.3 Å². The third kappa shape index (κ3) is 8.27. The average Bonchev–Trinajstić information content (AvgIpc) is 2.56. The Bertz CT molecular complexity index is 633. The lowest BCUT2D eigenvalue weighted by Crippen LogP contribution is -2.52. The molecule has 1 rings (SSSR count). The Morgan fingerprint density at radius 2 is 1.79 bits per heavy atom. The Labute approximate surface area is 181 Å². The molecule has 0 spiro atoms. The molecule has 1 fully saturated rings. The number of alkyl halides is 3. The summed E-state index contributed by atoms with van der Waals surface area (Å²) >= 11 is 0. The van der Waals surface area contributed by atoms with Gasteiger partial charge in [0, 0.05) is 39.8 Å². The highest BCUT2D eigenvalue weighted by molar-refractivity contribution is 14.0. The quantitative estimate of drug-likeness (QED) is 0.299. The number of hydrogen-bond acceptors (Lipinski definition) is 4. The Morgan fingerprint density at radius 3 is 2.21 bits per heavy atom. The molecular weight excluding hydrogens is 514 g/mol. The van der Waals surface area contributed by atoms with E-state index in [-0.39, 0.29) is 68.4 Å². The molecule has 0 aromatic heterocycles. The van der Waals surface area contributed by atoms with Crippen molar-refractivity contribution in [3.8, 4) is 0 Å². The summed E-state index contributed by atoms with van der Waals surface area (Å²) in [5, 5.41) is 6.16. The predicted octanol–water partition coefficient (Wildman–Crippen LogP) is 1.20. The first-order valence-electron chi connectivity index (χ1n) is 8.66. The van der Waals surface area contributed by atoms with Gasteiger partial charge in [-0.3, -0.25) is 4.79 Å². The SMILES string of the molecule is CC(C)CNC(=NCC(=O)N(C)C)NC1CCN(S(=O)(=O)C(F)(F)F)CC1.I. The summed E-state index contributed by atoms with van der Waals surface area (Å²) in [7, 11) is -2.07. The molecule has 0 atom stereocenters. The Hall–Kier alpha value is -0.830. The third-order valence-corrected chi connectivity index (χ3v) is 5.61. The zero-order valence-electron chi connectivity index (χ0n) is 16.4. The van der Waals surface area contributed by atoms with Gasteiger partial charge in [0.25, 0.3) is 0 Å². The molecule has 28 heavy (non-hydrogen) atoms. The molecule has 0 aromatic carbocycles. The molecule has 0 aliphatic carbocycles. The molecule has 0 saturated carbocycles. The fraction of sp³-hybridized carbons (Fsp3) is 0.867. The summed E-state index contributed by atoms with van der Waals surface area (Å²) in [6, 6.07) is -0.238. The van der Waals surface area contributed by atoms with Crippen LogP contribution < -0.4 is 10.6 Å². The number of carbonyl (C=O) groups is 1. The van der Waals surface area contributed by atoms with Crippen LogP contribution >= 0.6 is 24.0 Å². The van der Waals surface area contributed by atoms with Crippen molar-refractivity contribution in [2.45, 2.75) is 38.2 Å². The number of aliphatic imine (C=N–C) groups is 1. The van der Waals surface area contributed by atoms with E-state index in [1.54, 1.807) is 14.1 Å². The van der Waals surface area contributed by atoms with E-state index in [0.717, 1.165) is 0 Å². The number of amides is 1. The molecule has 166 valence electrons. The van der Waals surface area contributed by atoms with E-state index >= 15 is 0 Å². The standard InChI is InChI=1S/C15H28F3N5O3S.HI/c1-11(2)9-19-14(20-10-13(24)22(3)4)21-12-5-7-23(8-6-12)27(25,26)15(16,17)18;/h11-12H,5-10H2,1-4H3,(H2,19,20,21);1H. The lowest BCUT2D eigenvalue weighted by Gasteiger charge is -2.32. The van der Waals surface area contributed by atoms with Gasteiger partial charge in [-0.2, -0.15) is 17.5 Å². The van der Waals surface area contributed by atoms with Crippen molar-refractivity contribution < 1.29 is 26.4 Å². The van der Waals surface area contributed by atoms with Crippen LogP contribution in [0.1, 0.15) is 26.7 Å². The van der Waals surface area contributed by atoms with Crippen molar-refractivity contribution in [1.29, 1.82) is 0 Å². The first-order valence-corrected chi connectivity index (χ1v) is 10.1. The van der Waals surface area contributed by atoms with Gasteiger partial charge in [-0.05, 0) is 18.8 Å². The molecule has 13 heteroatoms. The molecule has 0 bridgehead atoms. The second-order valence-corrected chi connectivity index (χ2v) is 8.93. The smallest absolute Gasteiger partial charge is 0.356 e. The zero-order chi connectivity index (χ0) is 20.8. The lowest BCUT2D eigenvalue weighted by molar-refractivity contribution is -0.127. The maximum atomic E-state index is 12.6. The molecule has 2 N–H and O–H groups in total. The van der Waals surface area contributed by atoms with E-state index in [2.05, 4.69) is 15.6 Å². The summed E-state index contributed by atoms with van der Waals surface area (Å²) in [4.78, 5) is 17.3. The number of sulfonamides is 1. The summed E-state index contributed by atoms with van der Waals surface area (Å²) in [6.07, 6.45) is 0.415. The van der Waals surface area contributed by atoms with E-state index in [9.17, 15) is 26.4 Å². The number of hydrogen-bond donors (Lipinski definition) is 2. The topological polar surface area (TPSA) is 94.1 Å². The Morgan fingerprint density at radius 1 is 1.25 bits per heavy atom. The molecule has 1 saturated heterocycles. The number of likely N-dealkylation sites (N-methyl/N-ethyl adjacent to an activating group) is 1.